The first-order valence-electron chi connectivity index (χ1n) is 9.81. The van der Waals surface area contributed by atoms with Gasteiger partial charge < -0.3 is 4.90 Å². The smallest absolute Gasteiger partial charge is 0.255 e. The summed E-state index contributed by atoms with van der Waals surface area (Å²) in [7, 11) is 0. The van der Waals surface area contributed by atoms with Gasteiger partial charge in [-0.15, -0.1) is 0 Å². The van der Waals surface area contributed by atoms with Crippen molar-refractivity contribution < 1.29 is 9.59 Å². The summed E-state index contributed by atoms with van der Waals surface area (Å²) in [6.07, 6.45) is 0.208. The van der Waals surface area contributed by atoms with E-state index < -0.39 is 0 Å². The molecular formula is C25H27NO2. The van der Waals surface area contributed by atoms with E-state index in [-0.39, 0.29) is 30.2 Å². The highest BCUT2D eigenvalue weighted by atomic mass is 16.2. The molecule has 0 radical (unpaired) electrons. The minimum absolute atomic E-state index is 0.0161. The molecule has 3 nitrogen and oxygen atoms in total. The number of hydrogen-bond donors (Lipinski definition) is 0. The molecule has 144 valence electrons. The second-order valence-corrected chi connectivity index (χ2v) is 7.69. The van der Waals surface area contributed by atoms with Gasteiger partial charge in [-0.3, -0.25) is 9.59 Å². The standard InChI is InChI=1S/C25H27NO2/c1-17(2)26(18(3)4)25(28)24-21(15-14-19-10-8-9-13-22(19)24)16-23(27)20-11-6-5-7-12-20/h5-15,17-18H,16H2,1-4H3. The highest BCUT2D eigenvalue weighted by Gasteiger charge is 2.26. The molecule has 0 atom stereocenters. The van der Waals surface area contributed by atoms with Crippen molar-refractivity contribution >= 4 is 22.5 Å². The van der Waals surface area contributed by atoms with Crippen molar-refractivity contribution in [1.29, 1.82) is 0 Å². The van der Waals surface area contributed by atoms with E-state index in [0.717, 1.165) is 16.3 Å². The molecule has 0 saturated heterocycles. The maximum Gasteiger partial charge on any atom is 0.255 e. The highest BCUT2D eigenvalue weighted by Crippen LogP contribution is 2.27. The SMILES string of the molecule is CC(C)N(C(=O)c1c(CC(=O)c2ccccc2)ccc2ccccc12)C(C)C. The fourth-order valence-corrected chi connectivity index (χ4v) is 3.81. The van der Waals surface area contributed by atoms with Crippen LogP contribution in [-0.4, -0.2) is 28.7 Å². The summed E-state index contributed by atoms with van der Waals surface area (Å²) in [6, 6.07) is 21.2. The van der Waals surface area contributed by atoms with E-state index in [1.54, 1.807) is 0 Å². The van der Waals surface area contributed by atoms with E-state index in [1.165, 1.54) is 0 Å². The van der Waals surface area contributed by atoms with Gasteiger partial charge in [0.15, 0.2) is 5.78 Å². The van der Waals surface area contributed by atoms with Crippen LogP contribution in [0.1, 0.15) is 54.0 Å². The van der Waals surface area contributed by atoms with Crippen molar-refractivity contribution in [3.63, 3.8) is 0 Å². The molecule has 0 spiro atoms. The first-order valence-corrected chi connectivity index (χ1v) is 9.81. The number of hydrogen-bond acceptors (Lipinski definition) is 2. The Balaban J connectivity index is 2.11. The van der Waals surface area contributed by atoms with Crippen LogP contribution in [0.5, 0.6) is 0 Å². The minimum atomic E-state index is -0.0161. The molecule has 0 saturated carbocycles. The van der Waals surface area contributed by atoms with Gasteiger partial charge in [-0.2, -0.15) is 0 Å². The summed E-state index contributed by atoms with van der Waals surface area (Å²) in [4.78, 5) is 28.3. The average molecular weight is 373 g/mol. The lowest BCUT2D eigenvalue weighted by atomic mass is 9.92. The van der Waals surface area contributed by atoms with E-state index in [9.17, 15) is 9.59 Å². The average Bonchev–Trinajstić information content (AvgIpc) is 2.67. The Morgan fingerprint density at radius 1 is 0.786 bits per heavy atom. The molecule has 3 heteroatoms. The molecule has 28 heavy (non-hydrogen) atoms. The van der Waals surface area contributed by atoms with Crippen molar-refractivity contribution in [2.45, 2.75) is 46.2 Å². The third kappa shape index (κ3) is 3.99. The van der Waals surface area contributed by atoms with Gasteiger partial charge in [0.05, 0.1) is 5.56 Å². The molecule has 3 aromatic carbocycles. The van der Waals surface area contributed by atoms with E-state index >= 15 is 0 Å². The quantitative estimate of drug-likeness (QED) is 0.533. The molecule has 0 fully saturated rings. The third-order valence-electron chi connectivity index (χ3n) is 5.02. The van der Waals surface area contributed by atoms with E-state index in [0.29, 0.717) is 11.1 Å². The zero-order chi connectivity index (χ0) is 20.3. The summed E-state index contributed by atoms with van der Waals surface area (Å²) in [5, 5.41) is 1.91. The molecule has 0 aliphatic carbocycles. The van der Waals surface area contributed by atoms with Gasteiger partial charge in [0.1, 0.15) is 0 Å². The Kier molecular flexibility index (Phi) is 5.93. The zero-order valence-corrected chi connectivity index (χ0v) is 17.0. The van der Waals surface area contributed by atoms with Gasteiger partial charge >= 0.3 is 0 Å². The van der Waals surface area contributed by atoms with E-state index in [2.05, 4.69) is 0 Å². The van der Waals surface area contributed by atoms with Crippen molar-refractivity contribution in [3.8, 4) is 0 Å². The number of carbonyl (C=O) groups excluding carboxylic acids is 2. The lowest BCUT2D eigenvalue weighted by molar-refractivity contribution is 0.0645. The first-order chi connectivity index (χ1) is 13.4. The predicted molar refractivity (Wildman–Crippen MR) is 115 cm³/mol. The molecule has 0 N–H and O–H groups in total. The molecule has 3 aromatic rings. The Bertz CT molecular complexity index is 982. The van der Waals surface area contributed by atoms with Crippen LogP contribution in [0.25, 0.3) is 10.8 Å². The lowest BCUT2D eigenvalue weighted by Gasteiger charge is -2.32. The molecule has 0 heterocycles. The molecule has 0 aliphatic rings. The van der Waals surface area contributed by atoms with Crippen LogP contribution in [0.2, 0.25) is 0 Å². The number of ketones is 1. The van der Waals surface area contributed by atoms with Crippen LogP contribution in [0.3, 0.4) is 0 Å². The monoisotopic (exact) mass is 373 g/mol. The number of benzene rings is 3. The molecule has 0 bridgehead atoms. The van der Waals surface area contributed by atoms with Crippen molar-refractivity contribution in [2.24, 2.45) is 0 Å². The molecular weight excluding hydrogens is 346 g/mol. The number of amides is 1. The van der Waals surface area contributed by atoms with Crippen molar-refractivity contribution in [2.75, 3.05) is 0 Å². The topological polar surface area (TPSA) is 37.4 Å². The summed E-state index contributed by atoms with van der Waals surface area (Å²) >= 11 is 0. The molecule has 3 rings (SSSR count). The van der Waals surface area contributed by atoms with Gasteiger partial charge in [0.2, 0.25) is 0 Å². The van der Waals surface area contributed by atoms with Crippen LogP contribution < -0.4 is 0 Å². The maximum atomic E-state index is 13.6. The van der Waals surface area contributed by atoms with Crippen LogP contribution in [0.4, 0.5) is 0 Å². The van der Waals surface area contributed by atoms with Crippen molar-refractivity contribution in [1.82, 2.24) is 4.90 Å². The summed E-state index contributed by atoms with van der Waals surface area (Å²) in [5.74, 6) is 0.00300. The Morgan fingerprint density at radius 3 is 2.04 bits per heavy atom. The van der Waals surface area contributed by atoms with Crippen molar-refractivity contribution in [3.05, 3.63) is 83.4 Å². The van der Waals surface area contributed by atoms with Crippen LogP contribution in [-0.2, 0) is 6.42 Å². The fourth-order valence-electron chi connectivity index (χ4n) is 3.81. The number of Topliss-reactive ketones (excluding diaryl/α,β-unsaturated/α-hetero) is 1. The summed E-state index contributed by atoms with van der Waals surface area (Å²) in [5.41, 5.74) is 2.09. The molecule has 0 unspecified atom stereocenters. The lowest BCUT2D eigenvalue weighted by Crippen LogP contribution is -2.42. The van der Waals surface area contributed by atoms with Crippen LogP contribution in [0.15, 0.2) is 66.7 Å². The van der Waals surface area contributed by atoms with Gasteiger partial charge in [-0.1, -0.05) is 66.7 Å². The summed E-state index contributed by atoms with van der Waals surface area (Å²) in [6.45, 7) is 8.10. The second kappa shape index (κ2) is 8.39. The first kappa shape index (κ1) is 19.8. The fraction of sp³-hybridized carbons (Fsp3) is 0.280. The Morgan fingerprint density at radius 2 is 1.39 bits per heavy atom. The Hall–Kier alpha value is -2.94. The normalized spacial score (nSPS) is 11.2. The number of rotatable bonds is 6. The van der Waals surface area contributed by atoms with Gasteiger partial charge in [0, 0.05) is 24.1 Å². The zero-order valence-electron chi connectivity index (χ0n) is 17.0. The van der Waals surface area contributed by atoms with Crippen LogP contribution >= 0.6 is 0 Å². The number of nitrogens with zero attached hydrogens (tertiary/aromatic N) is 1. The number of fused-ring (bicyclic) bond motifs is 1. The van der Waals surface area contributed by atoms with E-state index in [4.69, 9.17) is 0 Å². The highest BCUT2D eigenvalue weighted by molar-refractivity contribution is 6.10. The van der Waals surface area contributed by atoms with Crippen LogP contribution in [0, 0.1) is 0 Å². The Labute approximate surface area is 167 Å². The minimum Gasteiger partial charge on any atom is -0.334 e. The largest absolute Gasteiger partial charge is 0.334 e. The maximum absolute atomic E-state index is 13.6. The van der Waals surface area contributed by atoms with Gasteiger partial charge in [-0.05, 0) is 44.0 Å². The van der Waals surface area contributed by atoms with Gasteiger partial charge in [0.25, 0.3) is 5.91 Å². The second-order valence-electron chi connectivity index (χ2n) is 7.69. The van der Waals surface area contributed by atoms with E-state index in [1.807, 2.05) is 99.3 Å². The molecule has 0 aliphatic heterocycles. The predicted octanol–water partition coefficient (Wildman–Crippen LogP) is 5.52. The molecule has 1 amide bonds. The molecule has 0 aromatic heterocycles. The third-order valence-corrected chi connectivity index (χ3v) is 5.02. The summed E-state index contributed by atoms with van der Waals surface area (Å²) < 4.78 is 0. The van der Waals surface area contributed by atoms with Gasteiger partial charge in [-0.25, -0.2) is 0 Å². The number of carbonyl (C=O) groups is 2.